The summed E-state index contributed by atoms with van der Waals surface area (Å²) in [4.78, 5) is 18.6. The van der Waals surface area contributed by atoms with Gasteiger partial charge in [-0.15, -0.1) is 0 Å². The molecule has 1 aliphatic carbocycles. The number of primary amides is 1. The SMILES string of the molecule is Cn1cc(-c2cc(C(N)=O)nc3cc(CN4CCS(=O)(=O)C(C5CC5)C4)ccc23)cn1. The molecule has 1 saturated heterocycles. The first-order valence-corrected chi connectivity index (χ1v) is 12.2. The molecular weight excluding hydrogens is 414 g/mol. The zero-order valence-corrected chi connectivity index (χ0v) is 18.2. The van der Waals surface area contributed by atoms with Crippen molar-refractivity contribution in [2.45, 2.75) is 24.6 Å². The van der Waals surface area contributed by atoms with Gasteiger partial charge in [0, 0.05) is 43.8 Å². The molecule has 9 heteroatoms. The summed E-state index contributed by atoms with van der Waals surface area (Å²) in [6.45, 7) is 1.78. The summed E-state index contributed by atoms with van der Waals surface area (Å²) in [5.41, 5.74) is 9.21. The molecule has 162 valence electrons. The third-order valence-electron chi connectivity index (χ3n) is 6.29. The third kappa shape index (κ3) is 3.95. The molecule has 1 saturated carbocycles. The van der Waals surface area contributed by atoms with Gasteiger partial charge in [0.05, 0.1) is 22.7 Å². The number of carbonyl (C=O) groups excluding carboxylic acids is 1. The molecule has 8 nitrogen and oxygen atoms in total. The molecule has 2 aliphatic rings. The number of carbonyl (C=O) groups is 1. The maximum Gasteiger partial charge on any atom is 0.267 e. The predicted octanol–water partition coefficient (Wildman–Crippen LogP) is 1.74. The molecule has 3 heterocycles. The minimum Gasteiger partial charge on any atom is -0.364 e. The third-order valence-corrected chi connectivity index (χ3v) is 8.50. The van der Waals surface area contributed by atoms with Gasteiger partial charge in [0.1, 0.15) is 5.69 Å². The summed E-state index contributed by atoms with van der Waals surface area (Å²) in [6.07, 6.45) is 5.68. The molecule has 1 amide bonds. The first-order valence-electron chi connectivity index (χ1n) is 10.5. The fourth-order valence-corrected chi connectivity index (χ4v) is 6.59. The number of sulfone groups is 1. The predicted molar refractivity (Wildman–Crippen MR) is 118 cm³/mol. The quantitative estimate of drug-likeness (QED) is 0.648. The van der Waals surface area contributed by atoms with Gasteiger partial charge in [-0.05, 0) is 42.0 Å². The molecular formula is C22H25N5O3S. The number of hydrogen-bond donors (Lipinski definition) is 1. The van der Waals surface area contributed by atoms with Gasteiger partial charge in [-0.3, -0.25) is 14.4 Å². The summed E-state index contributed by atoms with van der Waals surface area (Å²) >= 11 is 0. The van der Waals surface area contributed by atoms with Crippen LogP contribution < -0.4 is 5.73 Å². The van der Waals surface area contributed by atoms with Crippen LogP contribution in [0.5, 0.6) is 0 Å². The van der Waals surface area contributed by atoms with Crippen molar-refractivity contribution in [2.75, 3.05) is 18.8 Å². The van der Waals surface area contributed by atoms with Crippen molar-refractivity contribution < 1.29 is 13.2 Å². The van der Waals surface area contributed by atoms with Crippen LogP contribution in [0.1, 0.15) is 28.9 Å². The molecule has 5 rings (SSSR count). The summed E-state index contributed by atoms with van der Waals surface area (Å²) < 4.78 is 26.6. The number of benzene rings is 1. The Kier molecular flexibility index (Phi) is 4.82. The molecule has 2 fully saturated rings. The zero-order chi connectivity index (χ0) is 21.8. The number of fused-ring (bicyclic) bond motifs is 1. The number of aryl methyl sites for hydroxylation is 1. The van der Waals surface area contributed by atoms with Crippen LogP contribution in [0.25, 0.3) is 22.0 Å². The largest absolute Gasteiger partial charge is 0.364 e. The summed E-state index contributed by atoms with van der Waals surface area (Å²) in [5, 5.41) is 4.91. The van der Waals surface area contributed by atoms with Gasteiger partial charge in [-0.1, -0.05) is 12.1 Å². The van der Waals surface area contributed by atoms with Crippen molar-refractivity contribution in [1.82, 2.24) is 19.7 Å². The van der Waals surface area contributed by atoms with E-state index in [9.17, 15) is 13.2 Å². The highest BCUT2D eigenvalue weighted by Gasteiger charge is 2.43. The van der Waals surface area contributed by atoms with E-state index in [-0.39, 0.29) is 16.7 Å². The second kappa shape index (κ2) is 7.42. The highest BCUT2D eigenvalue weighted by Crippen LogP contribution is 2.38. The topological polar surface area (TPSA) is 111 Å². The first kappa shape index (κ1) is 20.1. The smallest absolute Gasteiger partial charge is 0.267 e. The van der Waals surface area contributed by atoms with Crippen LogP contribution in [-0.2, 0) is 23.4 Å². The van der Waals surface area contributed by atoms with Crippen molar-refractivity contribution in [1.29, 1.82) is 0 Å². The Labute approximate surface area is 181 Å². The first-order chi connectivity index (χ1) is 14.8. The number of nitrogens with two attached hydrogens (primary N) is 1. The van der Waals surface area contributed by atoms with Crippen LogP contribution in [0.15, 0.2) is 36.7 Å². The Balaban J connectivity index is 1.47. The maximum absolute atomic E-state index is 12.4. The number of aromatic nitrogens is 3. The molecule has 2 aromatic heterocycles. The standard InChI is InChI=1S/C22H25N5O3S/c1-26-12-16(10-24-26)18-9-20(22(23)28)25-19-8-14(2-5-17(18)19)11-27-6-7-31(29,30)21(13-27)15-3-4-15/h2,5,8-10,12,15,21H,3-4,6-7,11,13H2,1H3,(H2,23,28). The van der Waals surface area contributed by atoms with Gasteiger partial charge in [-0.25, -0.2) is 13.4 Å². The molecule has 1 aromatic carbocycles. The molecule has 31 heavy (non-hydrogen) atoms. The van der Waals surface area contributed by atoms with E-state index in [2.05, 4.69) is 15.0 Å². The molecule has 2 N–H and O–H groups in total. The van der Waals surface area contributed by atoms with Crippen LogP contribution in [-0.4, -0.2) is 58.1 Å². The van der Waals surface area contributed by atoms with E-state index in [0.29, 0.717) is 31.1 Å². The van der Waals surface area contributed by atoms with E-state index in [1.807, 2.05) is 31.4 Å². The lowest BCUT2D eigenvalue weighted by molar-refractivity contribution is 0.0996. The minimum absolute atomic E-state index is 0.210. The molecule has 0 bridgehead atoms. The van der Waals surface area contributed by atoms with Crippen LogP contribution in [0.4, 0.5) is 0 Å². The fourth-order valence-electron chi connectivity index (χ4n) is 4.48. The Bertz CT molecular complexity index is 1280. The number of rotatable bonds is 5. The van der Waals surface area contributed by atoms with Gasteiger partial charge in [0.25, 0.3) is 5.91 Å². The fraction of sp³-hybridized carbons (Fsp3) is 0.409. The average Bonchev–Trinajstić information content (AvgIpc) is 3.48. The van der Waals surface area contributed by atoms with E-state index in [1.165, 1.54) is 0 Å². The number of hydrogen-bond acceptors (Lipinski definition) is 6. The summed E-state index contributed by atoms with van der Waals surface area (Å²) in [7, 11) is -1.14. The molecule has 0 radical (unpaired) electrons. The van der Waals surface area contributed by atoms with E-state index < -0.39 is 15.7 Å². The van der Waals surface area contributed by atoms with Gasteiger partial charge in [-0.2, -0.15) is 5.10 Å². The highest BCUT2D eigenvalue weighted by atomic mass is 32.2. The molecule has 1 unspecified atom stereocenters. The molecule has 0 spiro atoms. The Morgan fingerprint density at radius 3 is 2.74 bits per heavy atom. The number of nitrogens with zero attached hydrogens (tertiary/aromatic N) is 4. The lowest BCUT2D eigenvalue weighted by Crippen LogP contribution is -2.47. The monoisotopic (exact) mass is 439 g/mol. The average molecular weight is 440 g/mol. The van der Waals surface area contributed by atoms with Gasteiger partial charge >= 0.3 is 0 Å². The van der Waals surface area contributed by atoms with Gasteiger partial charge in [0.15, 0.2) is 9.84 Å². The van der Waals surface area contributed by atoms with E-state index in [4.69, 9.17) is 5.73 Å². The van der Waals surface area contributed by atoms with Crippen LogP contribution in [0.3, 0.4) is 0 Å². The maximum atomic E-state index is 12.4. The van der Waals surface area contributed by atoms with E-state index in [1.54, 1.807) is 16.9 Å². The second-order valence-corrected chi connectivity index (χ2v) is 11.0. The highest BCUT2D eigenvalue weighted by molar-refractivity contribution is 7.92. The van der Waals surface area contributed by atoms with Gasteiger partial charge < -0.3 is 5.73 Å². The Morgan fingerprint density at radius 1 is 1.26 bits per heavy atom. The van der Waals surface area contributed by atoms with Crippen molar-refractivity contribution in [3.8, 4) is 11.1 Å². The van der Waals surface area contributed by atoms with Crippen molar-refractivity contribution in [2.24, 2.45) is 18.7 Å². The summed E-state index contributed by atoms with van der Waals surface area (Å²) in [6, 6.07) is 7.72. The van der Waals surface area contributed by atoms with Gasteiger partial charge in [0.2, 0.25) is 0 Å². The van der Waals surface area contributed by atoms with E-state index in [0.717, 1.165) is 34.9 Å². The Morgan fingerprint density at radius 2 is 2.06 bits per heavy atom. The van der Waals surface area contributed by atoms with Crippen molar-refractivity contribution in [3.05, 3.63) is 47.9 Å². The molecule has 1 atom stereocenters. The second-order valence-electron chi connectivity index (χ2n) is 8.65. The lowest BCUT2D eigenvalue weighted by atomic mass is 10.0. The molecule has 3 aromatic rings. The number of pyridine rings is 1. The molecule has 1 aliphatic heterocycles. The van der Waals surface area contributed by atoms with Crippen LogP contribution in [0, 0.1) is 5.92 Å². The van der Waals surface area contributed by atoms with E-state index >= 15 is 0 Å². The Hall–Kier alpha value is -2.78. The van der Waals surface area contributed by atoms with Crippen molar-refractivity contribution >= 4 is 26.6 Å². The van der Waals surface area contributed by atoms with Crippen molar-refractivity contribution in [3.63, 3.8) is 0 Å². The normalized spacial score (nSPS) is 21.4. The number of amides is 1. The lowest BCUT2D eigenvalue weighted by Gasteiger charge is -2.32. The van der Waals surface area contributed by atoms with Crippen LogP contribution >= 0.6 is 0 Å². The summed E-state index contributed by atoms with van der Waals surface area (Å²) in [5.74, 6) is -0.0334. The van der Waals surface area contributed by atoms with Crippen LogP contribution in [0.2, 0.25) is 0 Å². The zero-order valence-electron chi connectivity index (χ0n) is 17.4. The minimum atomic E-state index is -2.98.